The third kappa shape index (κ3) is 3.52. The van der Waals surface area contributed by atoms with E-state index in [1.807, 2.05) is 0 Å². The fraction of sp³-hybridized carbons (Fsp3) is 0.455. The normalized spacial score (nSPS) is 16.5. The number of rotatable bonds is 3. The lowest BCUT2D eigenvalue weighted by Gasteiger charge is -2.27. The Hall–Kier alpha value is -0.910. The van der Waals surface area contributed by atoms with Crippen molar-refractivity contribution in [1.29, 1.82) is 0 Å². The maximum Gasteiger partial charge on any atom is 0.573 e. The van der Waals surface area contributed by atoms with E-state index in [1.165, 1.54) is 18.2 Å². The van der Waals surface area contributed by atoms with E-state index in [-0.39, 0.29) is 11.9 Å². The number of alkyl halides is 3. The minimum Gasteiger partial charge on any atom is -0.489 e. The molecule has 94 valence electrons. The molecule has 1 aliphatic rings. The summed E-state index contributed by atoms with van der Waals surface area (Å²) in [7, 11) is 0. The van der Waals surface area contributed by atoms with Gasteiger partial charge in [-0.2, -0.15) is 0 Å². The minimum atomic E-state index is -4.67. The van der Waals surface area contributed by atoms with Gasteiger partial charge in [-0.15, -0.1) is 13.2 Å². The number of benzene rings is 1. The molecule has 1 saturated carbocycles. The Labute approximate surface area is 105 Å². The lowest BCUT2D eigenvalue weighted by Crippen LogP contribution is -2.24. The molecule has 0 heterocycles. The average Bonchev–Trinajstić information content (AvgIpc) is 2.11. The van der Waals surface area contributed by atoms with E-state index >= 15 is 0 Å². The van der Waals surface area contributed by atoms with Gasteiger partial charge in [0.2, 0.25) is 0 Å². The van der Waals surface area contributed by atoms with Gasteiger partial charge in [0.25, 0.3) is 0 Å². The van der Waals surface area contributed by atoms with Crippen LogP contribution in [0.4, 0.5) is 13.2 Å². The number of halogens is 4. The molecule has 0 atom stereocenters. The summed E-state index contributed by atoms with van der Waals surface area (Å²) in [6.07, 6.45) is -1.37. The Morgan fingerprint density at radius 1 is 1.24 bits per heavy atom. The molecule has 0 N–H and O–H groups in total. The summed E-state index contributed by atoms with van der Waals surface area (Å²) in [6, 6.07) is 3.97. The van der Waals surface area contributed by atoms with Crippen LogP contribution in [-0.2, 0) is 0 Å². The Morgan fingerprint density at radius 2 is 1.94 bits per heavy atom. The zero-order chi connectivity index (χ0) is 12.5. The van der Waals surface area contributed by atoms with Gasteiger partial charge in [0.05, 0.1) is 10.6 Å². The van der Waals surface area contributed by atoms with Crippen LogP contribution in [0.15, 0.2) is 22.7 Å². The molecular formula is C11H10BrF3O2. The fourth-order valence-corrected chi connectivity index (χ4v) is 1.89. The van der Waals surface area contributed by atoms with Crippen LogP contribution < -0.4 is 9.47 Å². The van der Waals surface area contributed by atoms with Crippen molar-refractivity contribution >= 4 is 15.9 Å². The first kappa shape index (κ1) is 12.5. The number of hydrogen-bond donors (Lipinski definition) is 0. The van der Waals surface area contributed by atoms with E-state index in [4.69, 9.17) is 4.74 Å². The summed E-state index contributed by atoms with van der Waals surface area (Å²) in [6.45, 7) is 0. The van der Waals surface area contributed by atoms with E-state index in [2.05, 4.69) is 20.7 Å². The lowest BCUT2D eigenvalue weighted by molar-refractivity contribution is -0.274. The summed E-state index contributed by atoms with van der Waals surface area (Å²) in [5.74, 6) is 0.287. The fourth-order valence-electron chi connectivity index (χ4n) is 1.44. The van der Waals surface area contributed by atoms with Gasteiger partial charge in [-0.05, 0) is 53.4 Å². The van der Waals surface area contributed by atoms with Gasteiger partial charge in [0, 0.05) is 0 Å². The van der Waals surface area contributed by atoms with Crippen molar-refractivity contribution in [3.05, 3.63) is 22.7 Å². The van der Waals surface area contributed by atoms with E-state index in [0.717, 1.165) is 19.3 Å². The summed E-state index contributed by atoms with van der Waals surface area (Å²) in [4.78, 5) is 0. The van der Waals surface area contributed by atoms with Gasteiger partial charge in [-0.3, -0.25) is 0 Å². The second-order valence-electron chi connectivity index (χ2n) is 3.81. The van der Waals surface area contributed by atoms with Crippen LogP contribution in [0.5, 0.6) is 11.5 Å². The van der Waals surface area contributed by atoms with Crippen LogP contribution in [-0.4, -0.2) is 12.5 Å². The second-order valence-corrected chi connectivity index (χ2v) is 4.67. The molecule has 0 bridgehead atoms. The maximum atomic E-state index is 12.0. The number of ether oxygens (including phenoxy) is 2. The van der Waals surface area contributed by atoms with Gasteiger partial charge in [0.1, 0.15) is 11.5 Å². The first-order chi connectivity index (χ1) is 7.94. The van der Waals surface area contributed by atoms with Gasteiger partial charge in [-0.25, -0.2) is 0 Å². The van der Waals surface area contributed by atoms with Crippen LogP contribution in [0.1, 0.15) is 19.3 Å². The molecule has 2 rings (SSSR count). The van der Waals surface area contributed by atoms with Crippen molar-refractivity contribution < 1.29 is 22.6 Å². The van der Waals surface area contributed by atoms with Crippen LogP contribution in [0.3, 0.4) is 0 Å². The highest BCUT2D eigenvalue weighted by Crippen LogP contribution is 2.34. The Bertz CT molecular complexity index is 402. The van der Waals surface area contributed by atoms with Crippen molar-refractivity contribution in [3.8, 4) is 11.5 Å². The van der Waals surface area contributed by atoms with E-state index in [1.54, 1.807) is 0 Å². The third-order valence-corrected chi connectivity index (χ3v) is 3.10. The average molecular weight is 311 g/mol. The summed E-state index contributed by atoms with van der Waals surface area (Å²) < 4.78 is 45.8. The molecule has 0 amide bonds. The Balaban J connectivity index is 2.05. The molecule has 0 aliphatic heterocycles. The molecule has 1 fully saturated rings. The van der Waals surface area contributed by atoms with Crippen LogP contribution in [0, 0.1) is 0 Å². The SMILES string of the molecule is FC(F)(F)Oc1ccc(OC2CCC2)c(Br)c1. The smallest absolute Gasteiger partial charge is 0.489 e. The van der Waals surface area contributed by atoms with Gasteiger partial charge >= 0.3 is 6.36 Å². The topological polar surface area (TPSA) is 18.5 Å². The molecule has 17 heavy (non-hydrogen) atoms. The first-order valence-corrected chi connectivity index (χ1v) is 5.95. The summed E-state index contributed by atoms with van der Waals surface area (Å²) in [5.41, 5.74) is 0. The van der Waals surface area contributed by atoms with Crippen molar-refractivity contribution in [3.63, 3.8) is 0 Å². The summed E-state index contributed by atoms with van der Waals surface area (Å²) >= 11 is 3.16. The molecule has 1 aromatic carbocycles. The van der Waals surface area contributed by atoms with Crippen molar-refractivity contribution in [2.24, 2.45) is 0 Å². The number of hydrogen-bond acceptors (Lipinski definition) is 2. The summed E-state index contributed by atoms with van der Waals surface area (Å²) in [5, 5.41) is 0. The standard InChI is InChI=1S/C11H10BrF3O2/c12-9-6-8(17-11(13,14)15)4-5-10(9)16-7-2-1-3-7/h4-7H,1-3H2. The molecule has 0 unspecified atom stereocenters. The van der Waals surface area contributed by atoms with Crippen LogP contribution in [0.25, 0.3) is 0 Å². The van der Waals surface area contributed by atoms with Gasteiger partial charge in [0.15, 0.2) is 0 Å². The second kappa shape index (κ2) is 4.76. The zero-order valence-electron chi connectivity index (χ0n) is 8.76. The highest BCUT2D eigenvalue weighted by Gasteiger charge is 2.31. The largest absolute Gasteiger partial charge is 0.573 e. The monoisotopic (exact) mass is 310 g/mol. The Morgan fingerprint density at radius 3 is 2.41 bits per heavy atom. The Kier molecular flexibility index (Phi) is 3.51. The zero-order valence-corrected chi connectivity index (χ0v) is 10.3. The van der Waals surface area contributed by atoms with Crippen LogP contribution in [0.2, 0.25) is 0 Å². The molecular weight excluding hydrogens is 301 g/mol. The predicted octanol–water partition coefficient (Wildman–Crippen LogP) is 4.28. The van der Waals surface area contributed by atoms with Crippen molar-refractivity contribution in [2.75, 3.05) is 0 Å². The van der Waals surface area contributed by atoms with Crippen LogP contribution >= 0.6 is 15.9 Å². The molecule has 0 saturated heterocycles. The molecule has 1 aromatic rings. The molecule has 0 aromatic heterocycles. The van der Waals surface area contributed by atoms with E-state index in [0.29, 0.717) is 10.2 Å². The molecule has 0 spiro atoms. The lowest BCUT2D eigenvalue weighted by atomic mass is 9.96. The van der Waals surface area contributed by atoms with E-state index < -0.39 is 6.36 Å². The molecule has 1 aliphatic carbocycles. The van der Waals surface area contributed by atoms with Crippen molar-refractivity contribution in [1.82, 2.24) is 0 Å². The molecule has 6 heteroatoms. The quantitative estimate of drug-likeness (QED) is 0.829. The predicted molar refractivity (Wildman–Crippen MR) is 59.1 cm³/mol. The maximum absolute atomic E-state index is 12.0. The third-order valence-electron chi connectivity index (χ3n) is 2.48. The first-order valence-electron chi connectivity index (χ1n) is 5.16. The van der Waals surface area contributed by atoms with Gasteiger partial charge < -0.3 is 9.47 Å². The van der Waals surface area contributed by atoms with E-state index in [9.17, 15) is 13.2 Å². The minimum absolute atomic E-state index is 0.181. The molecule has 0 radical (unpaired) electrons. The van der Waals surface area contributed by atoms with Crippen molar-refractivity contribution in [2.45, 2.75) is 31.7 Å². The molecule has 2 nitrogen and oxygen atoms in total. The highest BCUT2D eigenvalue weighted by atomic mass is 79.9. The van der Waals surface area contributed by atoms with Gasteiger partial charge in [-0.1, -0.05) is 0 Å². The highest BCUT2D eigenvalue weighted by molar-refractivity contribution is 9.10.